The van der Waals surface area contributed by atoms with Gasteiger partial charge in [-0.1, -0.05) is 31.0 Å². The van der Waals surface area contributed by atoms with E-state index in [1.807, 2.05) is 23.1 Å². The van der Waals surface area contributed by atoms with Gasteiger partial charge in [0.1, 0.15) is 5.75 Å². The number of amides is 2. The minimum atomic E-state index is -0.533. The molecule has 5 heteroatoms. The van der Waals surface area contributed by atoms with E-state index < -0.39 is 5.72 Å². The van der Waals surface area contributed by atoms with E-state index in [1.165, 1.54) is 12.8 Å². The average Bonchev–Trinajstić information content (AvgIpc) is 3.08. The molecular formula is C18H22N2O3. The number of ether oxygens (including phenoxy) is 2. The van der Waals surface area contributed by atoms with E-state index in [2.05, 4.69) is 11.4 Å². The first kappa shape index (κ1) is 13.7. The van der Waals surface area contributed by atoms with Crippen LogP contribution in [0.5, 0.6) is 5.75 Å². The summed E-state index contributed by atoms with van der Waals surface area (Å²) in [5.41, 5.74) is 0.548. The fraction of sp³-hybridized carbons (Fsp3) is 0.611. The molecule has 5 rings (SSSR count). The van der Waals surface area contributed by atoms with Gasteiger partial charge in [0.05, 0.1) is 25.2 Å². The van der Waals surface area contributed by atoms with Crippen molar-refractivity contribution in [2.75, 3.05) is 13.2 Å². The Kier molecular flexibility index (Phi) is 2.89. The summed E-state index contributed by atoms with van der Waals surface area (Å²) in [6, 6.07) is 8.42. The van der Waals surface area contributed by atoms with E-state index in [4.69, 9.17) is 9.47 Å². The van der Waals surface area contributed by atoms with Crippen molar-refractivity contribution in [1.82, 2.24) is 10.2 Å². The molecule has 5 nitrogen and oxygen atoms in total. The lowest BCUT2D eigenvalue weighted by Gasteiger charge is -2.60. The molecule has 1 aliphatic carbocycles. The van der Waals surface area contributed by atoms with Crippen LogP contribution in [0.2, 0.25) is 0 Å². The van der Waals surface area contributed by atoms with E-state index in [1.54, 1.807) is 0 Å². The van der Waals surface area contributed by atoms with Gasteiger partial charge in [-0.2, -0.15) is 0 Å². The second-order valence-corrected chi connectivity index (χ2v) is 7.15. The fourth-order valence-corrected chi connectivity index (χ4v) is 5.00. The maximum absolute atomic E-state index is 12.9. The molecule has 2 bridgehead atoms. The summed E-state index contributed by atoms with van der Waals surface area (Å²) in [4.78, 5) is 15.0. The number of hydrogen-bond acceptors (Lipinski definition) is 3. The van der Waals surface area contributed by atoms with Gasteiger partial charge < -0.3 is 14.8 Å². The summed E-state index contributed by atoms with van der Waals surface area (Å²) in [6.45, 7) is 1.30. The Morgan fingerprint density at radius 3 is 2.91 bits per heavy atom. The van der Waals surface area contributed by atoms with Gasteiger partial charge in [-0.15, -0.1) is 0 Å². The number of carbonyl (C=O) groups excluding carboxylic acids is 1. The number of nitrogens with one attached hydrogen (secondary N) is 1. The number of para-hydroxylation sites is 1. The molecule has 1 aromatic rings. The maximum atomic E-state index is 12.9. The first-order valence-electron chi connectivity index (χ1n) is 8.75. The van der Waals surface area contributed by atoms with Crippen molar-refractivity contribution in [3.05, 3.63) is 29.8 Å². The van der Waals surface area contributed by atoms with E-state index in [0.29, 0.717) is 19.3 Å². The zero-order chi connectivity index (χ0) is 15.4. The van der Waals surface area contributed by atoms with Crippen LogP contribution in [-0.2, 0) is 4.74 Å². The highest BCUT2D eigenvalue weighted by Crippen LogP contribution is 2.52. The molecule has 1 aromatic carbocycles. The Morgan fingerprint density at radius 2 is 2.04 bits per heavy atom. The molecule has 3 atom stereocenters. The number of fused-ring (bicyclic) bond motifs is 2. The topological polar surface area (TPSA) is 50.8 Å². The quantitative estimate of drug-likeness (QED) is 0.867. The van der Waals surface area contributed by atoms with Crippen LogP contribution in [0.3, 0.4) is 0 Å². The molecule has 3 aliphatic heterocycles. The standard InChI is InChI=1S/C18H22N2O3/c21-17-19-16-13-7-3-4-8-15(13)23-18(9-10-22-11-14(16)18)20(17)12-5-1-2-6-12/h3-4,7-8,12,14,16H,1-2,5-6,9-11H2,(H,19,21). The fourth-order valence-electron chi connectivity index (χ4n) is 5.00. The molecule has 3 fully saturated rings. The molecule has 122 valence electrons. The van der Waals surface area contributed by atoms with Gasteiger partial charge >= 0.3 is 6.03 Å². The van der Waals surface area contributed by atoms with E-state index in [0.717, 1.165) is 30.6 Å². The number of nitrogens with zero attached hydrogens (tertiary/aromatic N) is 1. The molecule has 0 radical (unpaired) electrons. The minimum Gasteiger partial charge on any atom is -0.467 e. The average molecular weight is 314 g/mol. The molecule has 3 heterocycles. The van der Waals surface area contributed by atoms with Crippen LogP contribution in [0.15, 0.2) is 24.3 Å². The number of benzene rings is 1. The largest absolute Gasteiger partial charge is 0.467 e. The van der Waals surface area contributed by atoms with Crippen molar-refractivity contribution in [2.45, 2.75) is 49.9 Å². The molecule has 0 aromatic heterocycles. The van der Waals surface area contributed by atoms with E-state index in [9.17, 15) is 4.79 Å². The molecule has 2 saturated heterocycles. The lowest BCUT2D eigenvalue weighted by atomic mass is 9.76. The Hall–Kier alpha value is -1.75. The predicted octanol–water partition coefficient (Wildman–Crippen LogP) is 2.82. The summed E-state index contributed by atoms with van der Waals surface area (Å²) in [5, 5.41) is 3.25. The molecule has 2 amide bonds. The van der Waals surface area contributed by atoms with Crippen LogP contribution < -0.4 is 10.1 Å². The molecular weight excluding hydrogens is 292 g/mol. The summed E-state index contributed by atoms with van der Waals surface area (Å²) >= 11 is 0. The second-order valence-electron chi connectivity index (χ2n) is 7.15. The zero-order valence-corrected chi connectivity index (χ0v) is 13.2. The molecule has 23 heavy (non-hydrogen) atoms. The zero-order valence-electron chi connectivity index (χ0n) is 13.2. The van der Waals surface area contributed by atoms with E-state index in [-0.39, 0.29) is 18.0 Å². The summed E-state index contributed by atoms with van der Waals surface area (Å²) < 4.78 is 12.3. The first-order chi connectivity index (χ1) is 11.3. The number of rotatable bonds is 1. The van der Waals surface area contributed by atoms with E-state index >= 15 is 0 Å². The highest BCUT2D eigenvalue weighted by Gasteiger charge is 2.61. The van der Waals surface area contributed by atoms with Gasteiger partial charge in [-0.05, 0) is 18.9 Å². The van der Waals surface area contributed by atoms with Crippen molar-refractivity contribution < 1.29 is 14.3 Å². The van der Waals surface area contributed by atoms with Crippen LogP contribution in [0.25, 0.3) is 0 Å². The van der Waals surface area contributed by atoms with Gasteiger partial charge in [0.25, 0.3) is 0 Å². The van der Waals surface area contributed by atoms with Crippen molar-refractivity contribution in [1.29, 1.82) is 0 Å². The van der Waals surface area contributed by atoms with Crippen molar-refractivity contribution in [2.24, 2.45) is 5.92 Å². The molecule has 0 spiro atoms. The normalized spacial score (nSPS) is 36.0. The monoisotopic (exact) mass is 314 g/mol. The third-order valence-corrected chi connectivity index (χ3v) is 6.02. The van der Waals surface area contributed by atoms with Gasteiger partial charge in [0, 0.05) is 18.0 Å². The van der Waals surface area contributed by atoms with Crippen molar-refractivity contribution >= 4 is 6.03 Å². The lowest BCUT2D eigenvalue weighted by molar-refractivity contribution is -0.207. The Bertz CT molecular complexity index is 643. The summed E-state index contributed by atoms with van der Waals surface area (Å²) in [6.07, 6.45) is 5.32. The molecule has 1 N–H and O–H groups in total. The van der Waals surface area contributed by atoms with Crippen LogP contribution in [0.4, 0.5) is 4.79 Å². The minimum absolute atomic E-state index is 0.00889. The molecule has 1 saturated carbocycles. The smallest absolute Gasteiger partial charge is 0.321 e. The van der Waals surface area contributed by atoms with Crippen molar-refractivity contribution in [3.63, 3.8) is 0 Å². The Labute approximate surface area is 135 Å². The lowest BCUT2D eigenvalue weighted by Crippen LogP contribution is -2.74. The highest BCUT2D eigenvalue weighted by molar-refractivity contribution is 5.78. The Balaban J connectivity index is 1.65. The maximum Gasteiger partial charge on any atom is 0.321 e. The third kappa shape index (κ3) is 1.80. The van der Waals surface area contributed by atoms with Gasteiger partial charge in [0.2, 0.25) is 0 Å². The highest BCUT2D eigenvalue weighted by atomic mass is 16.5. The first-order valence-corrected chi connectivity index (χ1v) is 8.75. The van der Waals surface area contributed by atoms with Crippen LogP contribution >= 0.6 is 0 Å². The summed E-state index contributed by atoms with van der Waals surface area (Å²) in [7, 11) is 0. The Morgan fingerprint density at radius 1 is 1.22 bits per heavy atom. The van der Waals surface area contributed by atoms with Gasteiger partial charge in [-0.25, -0.2) is 4.79 Å². The molecule has 4 aliphatic rings. The van der Waals surface area contributed by atoms with Crippen molar-refractivity contribution in [3.8, 4) is 5.75 Å². The van der Waals surface area contributed by atoms with Gasteiger partial charge in [-0.3, -0.25) is 4.90 Å². The SMILES string of the molecule is O=C1NC2c3ccccc3OC3(CCOCC23)N1C1CCCC1. The third-order valence-electron chi connectivity index (χ3n) is 6.02. The predicted molar refractivity (Wildman–Crippen MR) is 84.1 cm³/mol. The van der Waals surface area contributed by atoms with Crippen LogP contribution in [0, 0.1) is 5.92 Å². The second kappa shape index (κ2) is 4.87. The number of urea groups is 1. The molecule has 3 unspecified atom stereocenters. The van der Waals surface area contributed by atoms with Crippen LogP contribution in [0.1, 0.15) is 43.7 Å². The number of hydrogen-bond donors (Lipinski definition) is 1. The summed E-state index contributed by atoms with van der Waals surface area (Å²) in [5.74, 6) is 1.07. The van der Waals surface area contributed by atoms with Gasteiger partial charge in [0.15, 0.2) is 5.72 Å². The number of carbonyl (C=O) groups is 1. The van der Waals surface area contributed by atoms with Crippen LogP contribution in [-0.4, -0.2) is 35.9 Å².